The molecule has 1 aliphatic heterocycles. The number of nitrogens with zero attached hydrogens (tertiary/aromatic N) is 1. The fourth-order valence-corrected chi connectivity index (χ4v) is 4.73. The minimum Gasteiger partial charge on any atom is -0.455 e. The molecule has 0 radical (unpaired) electrons. The van der Waals surface area contributed by atoms with Gasteiger partial charge in [-0.15, -0.1) is 0 Å². The molecule has 1 atom stereocenters. The summed E-state index contributed by atoms with van der Waals surface area (Å²) >= 11 is 0. The second-order valence-corrected chi connectivity index (χ2v) is 9.32. The van der Waals surface area contributed by atoms with E-state index in [4.69, 9.17) is 4.74 Å². The first-order chi connectivity index (χ1) is 19.0. The van der Waals surface area contributed by atoms with Gasteiger partial charge in [-0.05, 0) is 22.6 Å². The average molecular weight is 522 g/mol. The lowest BCUT2D eigenvalue weighted by molar-refractivity contribution is -0.151. The fourth-order valence-electron chi connectivity index (χ4n) is 4.73. The monoisotopic (exact) mass is 521 g/mol. The second-order valence-electron chi connectivity index (χ2n) is 9.32. The van der Waals surface area contributed by atoms with Crippen molar-refractivity contribution in [3.05, 3.63) is 114 Å². The molecule has 39 heavy (non-hydrogen) atoms. The van der Waals surface area contributed by atoms with Gasteiger partial charge in [-0.2, -0.15) is 0 Å². The second kappa shape index (κ2) is 11.6. The number of esters is 1. The van der Waals surface area contributed by atoms with Crippen LogP contribution in [0.1, 0.15) is 23.5 Å². The van der Waals surface area contributed by atoms with Gasteiger partial charge in [0.25, 0.3) is 11.8 Å². The molecule has 196 valence electrons. The smallest absolute Gasteiger partial charge is 0.311 e. The molecule has 0 aliphatic carbocycles. The Bertz CT molecular complexity index is 1460. The summed E-state index contributed by atoms with van der Waals surface area (Å²) in [5.74, 6) is -3.37. The molecule has 0 bridgehead atoms. The van der Waals surface area contributed by atoms with E-state index in [9.17, 15) is 19.2 Å². The van der Waals surface area contributed by atoms with Crippen LogP contribution in [0, 0.1) is 5.92 Å². The maximum absolute atomic E-state index is 13.3. The number of nitrogens with one attached hydrogen (secondary N) is 2. The minimum atomic E-state index is -0.796. The summed E-state index contributed by atoms with van der Waals surface area (Å²) in [4.78, 5) is 51.1. The number of amides is 3. The van der Waals surface area contributed by atoms with E-state index in [1.807, 2.05) is 97.1 Å². The molecule has 0 saturated carbocycles. The molecule has 1 fully saturated rings. The summed E-state index contributed by atoms with van der Waals surface area (Å²) in [5.41, 5.74) is 4.86. The third kappa shape index (κ3) is 5.96. The Hall–Kier alpha value is -4.98. The fraction of sp³-hybridized carbons (Fsp3) is 0.161. The number of fused-ring (bicyclic) bond motifs is 1. The number of ether oxygens (including phenoxy) is 1. The lowest BCUT2D eigenvalue weighted by Gasteiger charge is -2.23. The van der Waals surface area contributed by atoms with Crippen LogP contribution in [0.2, 0.25) is 0 Å². The average Bonchev–Trinajstić information content (AvgIpc) is 3.33. The number of anilines is 1. The molecule has 1 aliphatic rings. The molecule has 0 unspecified atom stereocenters. The van der Waals surface area contributed by atoms with Gasteiger partial charge < -0.3 is 10.1 Å². The molecule has 5 rings (SSSR count). The van der Waals surface area contributed by atoms with Crippen molar-refractivity contribution < 1.29 is 23.9 Å². The van der Waals surface area contributed by atoms with Crippen molar-refractivity contribution in [1.29, 1.82) is 0 Å². The highest BCUT2D eigenvalue weighted by atomic mass is 16.5. The third-order valence-electron chi connectivity index (χ3n) is 6.64. The summed E-state index contributed by atoms with van der Waals surface area (Å²) in [7, 11) is 0. The van der Waals surface area contributed by atoms with E-state index < -0.39 is 36.2 Å². The minimum absolute atomic E-state index is 0.0371. The van der Waals surface area contributed by atoms with Crippen molar-refractivity contribution in [3.8, 4) is 0 Å². The first-order valence-electron chi connectivity index (χ1n) is 12.6. The number of benzene rings is 4. The van der Waals surface area contributed by atoms with Crippen LogP contribution in [0.25, 0.3) is 10.8 Å². The van der Waals surface area contributed by atoms with Gasteiger partial charge >= 0.3 is 5.97 Å². The molecule has 8 heteroatoms. The van der Waals surface area contributed by atoms with E-state index in [-0.39, 0.29) is 18.9 Å². The Labute approximate surface area is 225 Å². The van der Waals surface area contributed by atoms with Crippen LogP contribution in [-0.2, 0) is 23.9 Å². The predicted molar refractivity (Wildman–Crippen MR) is 146 cm³/mol. The van der Waals surface area contributed by atoms with Gasteiger partial charge in [0.15, 0.2) is 6.61 Å². The van der Waals surface area contributed by atoms with Crippen LogP contribution in [0.5, 0.6) is 0 Å². The van der Waals surface area contributed by atoms with Gasteiger partial charge in [-0.25, -0.2) is 0 Å². The van der Waals surface area contributed by atoms with E-state index in [1.54, 1.807) is 6.07 Å². The Morgan fingerprint density at radius 1 is 0.821 bits per heavy atom. The van der Waals surface area contributed by atoms with Gasteiger partial charge in [-0.1, -0.05) is 97.1 Å². The summed E-state index contributed by atoms with van der Waals surface area (Å²) < 4.78 is 5.22. The Balaban J connectivity index is 1.18. The quantitative estimate of drug-likeness (QED) is 0.341. The van der Waals surface area contributed by atoms with Crippen molar-refractivity contribution in [1.82, 2.24) is 10.4 Å². The van der Waals surface area contributed by atoms with Gasteiger partial charge in [0, 0.05) is 17.5 Å². The zero-order valence-electron chi connectivity index (χ0n) is 21.1. The standard InChI is InChI=1S/C31H27N3O5/c35-27(32-26-17-9-15-21-10-7-8-16-25(21)26)20-39-31(38)24-18-28(36)34(19-24)33-30(37)29(22-11-3-1-4-12-22)23-13-5-2-6-14-23/h1-17,24,29H,18-20H2,(H,32,35)(H,33,37)/t24-/m1/s1. The molecule has 1 saturated heterocycles. The molecular formula is C31H27N3O5. The summed E-state index contributed by atoms with van der Waals surface area (Å²) in [5, 5.41) is 5.77. The number of hydrogen-bond acceptors (Lipinski definition) is 5. The lowest BCUT2D eigenvalue weighted by Crippen LogP contribution is -2.45. The normalized spacial score (nSPS) is 14.8. The van der Waals surface area contributed by atoms with E-state index in [0.717, 1.165) is 26.9 Å². The van der Waals surface area contributed by atoms with E-state index in [1.165, 1.54) is 0 Å². The SMILES string of the molecule is O=C(COC(=O)[C@@H]1CC(=O)N(NC(=O)C(c2ccccc2)c2ccccc2)C1)Nc1cccc2ccccc12. The Morgan fingerprint density at radius 3 is 2.13 bits per heavy atom. The van der Waals surface area contributed by atoms with Crippen LogP contribution < -0.4 is 10.7 Å². The van der Waals surface area contributed by atoms with Gasteiger partial charge in [0.2, 0.25) is 5.91 Å². The maximum Gasteiger partial charge on any atom is 0.311 e. The Kier molecular flexibility index (Phi) is 7.63. The van der Waals surface area contributed by atoms with Gasteiger partial charge in [0.1, 0.15) is 0 Å². The molecule has 8 nitrogen and oxygen atoms in total. The largest absolute Gasteiger partial charge is 0.455 e. The van der Waals surface area contributed by atoms with Gasteiger partial charge in [-0.3, -0.25) is 29.6 Å². The molecule has 1 heterocycles. The zero-order chi connectivity index (χ0) is 27.2. The van der Waals surface area contributed by atoms with Crippen molar-refractivity contribution in [2.45, 2.75) is 12.3 Å². The van der Waals surface area contributed by atoms with Crippen molar-refractivity contribution in [3.63, 3.8) is 0 Å². The van der Waals surface area contributed by atoms with E-state index in [0.29, 0.717) is 5.69 Å². The first kappa shape index (κ1) is 25.7. The van der Waals surface area contributed by atoms with Crippen LogP contribution >= 0.6 is 0 Å². The highest BCUT2D eigenvalue weighted by Crippen LogP contribution is 2.26. The topological polar surface area (TPSA) is 105 Å². The lowest BCUT2D eigenvalue weighted by atomic mass is 9.91. The van der Waals surface area contributed by atoms with Crippen molar-refractivity contribution in [2.24, 2.45) is 5.92 Å². The molecule has 4 aromatic carbocycles. The molecule has 2 N–H and O–H groups in total. The maximum atomic E-state index is 13.3. The number of hydrazine groups is 1. The van der Waals surface area contributed by atoms with E-state index >= 15 is 0 Å². The van der Waals surface area contributed by atoms with Crippen LogP contribution in [0.3, 0.4) is 0 Å². The predicted octanol–water partition coefficient (Wildman–Crippen LogP) is 4.03. The highest BCUT2D eigenvalue weighted by Gasteiger charge is 2.37. The summed E-state index contributed by atoms with van der Waals surface area (Å²) in [6.07, 6.45) is -0.120. The zero-order valence-corrected chi connectivity index (χ0v) is 21.1. The molecule has 3 amide bonds. The molecule has 4 aromatic rings. The van der Waals surface area contributed by atoms with Crippen molar-refractivity contribution >= 4 is 40.2 Å². The van der Waals surface area contributed by atoms with Crippen LogP contribution in [-0.4, -0.2) is 41.9 Å². The van der Waals surface area contributed by atoms with E-state index in [2.05, 4.69) is 10.7 Å². The van der Waals surface area contributed by atoms with Crippen LogP contribution in [0.4, 0.5) is 5.69 Å². The first-order valence-corrected chi connectivity index (χ1v) is 12.6. The van der Waals surface area contributed by atoms with Crippen molar-refractivity contribution in [2.75, 3.05) is 18.5 Å². The number of rotatable bonds is 8. The molecular weight excluding hydrogens is 494 g/mol. The molecule has 0 aromatic heterocycles. The number of carbonyl (C=O) groups is 4. The third-order valence-corrected chi connectivity index (χ3v) is 6.64. The number of carbonyl (C=O) groups excluding carboxylic acids is 4. The van der Waals surface area contributed by atoms with Crippen LogP contribution in [0.15, 0.2) is 103 Å². The number of hydrogen-bond donors (Lipinski definition) is 2. The van der Waals surface area contributed by atoms with Gasteiger partial charge in [0.05, 0.1) is 18.4 Å². The summed E-state index contributed by atoms with van der Waals surface area (Å²) in [6.45, 7) is -0.520. The highest BCUT2D eigenvalue weighted by molar-refractivity contribution is 6.03. The molecule has 0 spiro atoms. The summed E-state index contributed by atoms with van der Waals surface area (Å²) in [6, 6.07) is 31.7. The Morgan fingerprint density at radius 2 is 1.44 bits per heavy atom.